The van der Waals surface area contributed by atoms with Gasteiger partial charge >= 0.3 is 0 Å². The number of rotatable bonds is 9. The minimum atomic E-state index is -1.18. The minimum Gasteiger partial charge on any atom is -0.374 e. The van der Waals surface area contributed by atoms with Crippen molar-refractivity contribution in [3.05, 3.63) is 71.8 Å². The van der Waals surface area contributed by atoms with Gasteiger partial charge in [0.2, 0.25) is 5.91 Å². The van der Waals surface area contributed by atoms with E-state index in [4.69, 9.17) is 10.5 Å². The van der Waals surface area contributed by atoms with Gasteiger partial charge in [0, 0.05) is 13.6 Å². The molecule has 0 saturated carbocycles. The first kappa shape index (κ1) is 26.8. The van der Waals surface area contributed by atoms with Gasteiger partial charge in [0.05, 0.1) is 30.2 Å². The molecule has 2 heterocycles. The molecule has 0 aromatic heterocycles. The fraction of sp³-hybridized carbons (Fsp3) is 0.464. The van der Waals surface area contributed by atoms with Crippen molar-refractivity contribution in [1.82, 2.24) is 20.7 Å². The number of hydrazine groups is 1. The zero-order valence-electron chi connectivity index (χ0n) is 21.8. The van der Waals surface area contributed by atoms with Gasteiger partial charge in [-0.3, -0.25) is 19.4 Å². The van der Waals surface area contributed by atoms with Crippen molar-refractivity contribution < 1.29 is 19.1 Å². The van der Waals surface area contributed by atoms with E-state index in [1.165, 1.54) is 10.0 Å². The quantitative estimate of drug-likeness (QED) is 0.470. The molecule has 3 amide bonds. The lowest BCUT2D eigenvalue weighted by Crippen LogP contribution is -2.61. The maximum absolute atomic E-state index is 14.0. The lowest BCUT2D eigenvalue weighted by atomic mass is 9.72. The number of piperidine rings is 1. The number of hydrogen-bond donors (Lipinski definition) is 3. The number of ether oxygens (including phenoxy) is 1. The predicted octanol–water partition coefficient (Wildman–Crippen LogP) is 1.23. The minimum absolute atomic E-state index is 0.0509. The molecule has 3 unspecified atom stereocenters. The highest BCUT2D eigenvalue weighted by Crippen LogP contribution is 2.42. The molecule has 2 aliphatic heterocycles. The van der Waals surface area contributed by atoms with E-state index in [0.717, 1.165) is 11.1 Å². The summed E-state index contributed by atoms with van der Waals surface area (Å²) < 4.78 is 5.88. The first-order chi connectivity index (χ1) is 17.6. The summed E-state index contributed by atoms with van der Waals surface area (Å²) in [6.45, 7) is 4.55. The van der Waals surface area contributed by atoms with Crippen LogP contribution in [-0.2, 0) is 32.1 Å². The van der Waals surface area contributed by atoms with Crippen LogP contribution in [0.3, 0.4) is 0 Å². The summed E-state index contributed by atoms with van der Waals surface area (Å²) >= 11 is 0. The molecule has 9 nitrogen and oxygen atoms in total. The number of hydrogen-bond acceptors (Lipinski definition) is 6. The highest BCUT2D eigenvalue weighted by atomic mass is 16.5. The summed E-state index contributed by atoms with van der Waals surface area (Å²) in [5, 5.41) is 9.10. The molecule has 2 saturated heterocycles. The molecule has 3 atom stereocenters. The largest absolute Gasteiger partial charge is 0.374 e. The third-order valence-corrected chi connectivity index (χ3v) is 7.18. The van der Waals surface area contributed by atoms with Gasteiger partial charge in [-0.15, -0.1) is 0 Å². The molecule has 0 aliphatic carbocycles. The zero-order valence-corrected chi connectivity index (χ0v) is 21.8. The van der Waals surface area contributed by atoms with E-state index in [2.05, 4.69) is 10.6 Å². The lowest BCUT2D eigenvalue weighted by molar-refractivity contribution is -0.158. The van der Waals surface area contributed by atoms with Crippen LogP contribution in [0, 0.1) is 5.41 Å². The lowest BCUT2D eigenvalue weighted by Gasteiger charge is -2.40. The Kier molecular flexibility index (Phi) is 7.96. The van der Waals surface area contributed by atoms with Crippen molar-refractivity contribution in [3.63, 3.8) is 0 Å². The van der Waals surface area contributed by atoms with Crippen LogP contribution in [0.4, 0.5) is 0 Å². The Morgan fingerprint density at radius 3 is 2.38 bits per heavy atom. The Hall–Kier alpha value is -3.27. The molecule has 2 fully saturated rings. The number of fused-ring (bicyclic) bond motifs is 1. The number of nitrogens with two attached hydrogens (primary N) is 1. The van der Waals surface area contributed by atoms with E-state index in [1.807, 2.05) is 60.7 Å². The fourth-order valence-corrected chi connectivity index (χ4v) is 5.21. The normalized spacial score (nSPS) is 22.5. The van der Waals surface area contributed by atoms with Crippen molar-refractivity contribution >= 4 is 17.7 Å². The van der Waals surface area contributed by atoms with Gasteiger partial charge < -0.3 is 21.1 Å². The second-order valence-electron chi connectivity index (χ2n) is 10.6. The van der Waals surface area contributed by atoms with Gasteiger partial charge in [-0.25, -0.2) is 5.01 Å². The monoisotopic (exact) mass is 507 g/mol. The molecule has 0 spiro atoms. The van der Waals surface area contributed by atoms with Crippen LogP contribution in [0.15, 0.2) is 60.7 Å². The van der Waals surface area contributed by atoms with Crippen LogP contribution in [-0.4, -0.2) is 72.1 Å². The Balaban J connectivity index is 1.59. The van der Waals surface area contributed by atoms with Gasteiger partial charge in [0.15, 0.2) is 0 Å². The van der Waals surface area contributed by atoms with Gasteiger partial charge in [-0.1, -0.05) is 60.7 Å². The van der Waals surface area contributed by atoms with Crippen LogP contribution in [0.5, 0.6) is 0 Å². The Labute approximate surface area is 218 Å². The van der Waals surface area contributed by atoms with Gasteiger partial charge in [0.1, 0.15) is 6.04 Å². The Morgan fingerprint density at radius 2 is 1.76 bits per heavy atom. The van der Waals surface area contributed by atoms with E-state index in [-0.39, 0.29) is 31.1 Å². The van der Waals surface area contributed by atoms with Crippen molar-refractivity contribution in [2.45, 2.75) is 50.9 Å². The molecule has 9 heteroatoms. The molecule has 198 valence electrons. The van der Waals surface area contributed by atoms with E-state index in [1.54, 1.807) is 20.9 Å². The molecule has 0 radical (unpaired) electrons. The molecule has 37 heavy (non-hydrogen) atoms. The van der Waals surface area contributed by atoms with Gasteiger partial charge in [0.25, 0.3) is 11.8 Å². The average molecular weight is 508 g/mol. The molecule has 2 aromatic rings. The van der Waals surface area contributed by atoms with Gasteiger partial charge in [-0.2, -0.15) is 0 Å². The number of benzene rings is 2. The standard InChI is InChI=1S/C28H37N5O4/c1-27(2,29)25(35)31-22(18-37-17-21-12-8-5-9-13-21)24(34)33-23-14-15-30-19-28(23,26(36)32(33)3)16-20-10-6-4-7-11-20/h4-13,22-23,30H,14-19,29H2,1-3H3,(H,31,35). The van der Waals surface area contributed by atoms with E-state index >= 15 is 0 Å². The summed E-state index contributed by atoms with van der Waals surface area (Å²) in [5.41, 5.74) is 6.02. The number of carbonyl (C=O) groups is 3. The smallest absolute Gasteiger partial charge is 0.266 e. The van der Waals surface area contributed by atoms with Crippen LogP contribution in [0.2, 0.25) is 0 Å². The number of amides is 3. The maximum Gasteiger partial charge on any atom is 0.266 e. The number of nitrogens with zero attached hydrogens (tertiary/aromatic N) is 2. The van der Waals surface area contributed by atoms with Crippen LogP contribution >= 0.6 is 0 Å². The van der Waals surface area contributed by atoms with Crippen molar-refractivity contribution in [1.29, 1.82) is 0 Å². The second-order valence-corrected chi connectivity index (χ2v) is 10.6. The van der Waals surface area contributed by atoms with Crippen LogP contribution in [0.1, 0.15) is 31.4 Å². The summed E-state index contributed by atoms with van der Waals surface area (Å²) in [6.07, 6.45) is 1.12. The van der Waals surface area contributed by atoms with E-state index < -0.39 is 22.9 Å². The van der Waals surface area contributed by atoms with Crippen molar-refractivity contribution in [2.75, 3.05) is 26.7 Å². The van der Waals surface area contributed by atoms with E-state index in [0.29, 0.717) is 25.9 Å². The summed E-state index contributed by atoms with van der Waals surface area (Å²) in [6, 6.07) is 18.1. The van der Waals surface area contributed by atoms with Crippen molar-refractivity contribution in [3.8, 4) is 0 Å². The first-order valence-corrected chi connectivity index (χ1v) is 12.7. The second kappa shape index (κ2) is 11.0. The number of nitrogens with one attached hydrogen (secondary N) is 2. The molecule has 2 aromatic carbocycles. The van der Waals surface area contributed by atoms with Gasteiger partial charge in [-0.05, 0) is 44.4 Å². The Bertz CT molecular complexity index is 1100. The molecular weight excluding hydrogens is 470 g/mol. The third-order valence-electron chi connectivity index (χ3n) is 7.18. The predicted molar refractivity (Wildman–Crippen MR) is 140 cm³/mol. The summed E-state index contributed by atoms with van der Waals surface area (Å²) in [5.74, 6) is -0.970. The third kappa shape index (κ3) is 5.69. The molecule has 0 bridgehead atoms. The highest BCUT2D eigenvalue weighted by Gasteiger charge is 2.60. The van der Waals surface area contributed by atoms with E-state index in [9.17, 15) is 14.4 Å². The maximum atomic E-state index is 14.0. The highest BCUT2D eigenvalue weighted by molar-refractivity contribution is 5.95. The average Bonchev–Trinajstić information content (AvgIpc) is 3.10. The summed E-state index contributed by atoms with van der Waals surface area (Å²) in [7, 11) is 1.63. The fourth-order valence-electron chi connectivity index (χ4n) is 5.21. The first-order valence-electron chi connectivity index (χ1n) is 12.7. The van der Waals surface area contributed by atoms with Crippen molar-refractivity contribution in [2.24, 2.45) is 11.1 Å². The number of carbonyl (C=O) groups excluding carboxylic acids is 3. The van der Waals surface area contributed by atoms with Crippen LogP contribution < -0.4 is 16.4 Å². The molecule has 4 rings (SSSR count). The van der Waals surface area contributed by atoms with Crippen LogP contribution in [0.25, 0.3) is 0 Å². The Morgan fingerprint density at radius 1 is 1.14 bits per heavy atom. The summed E-state index contributed by atoms with van der Waals surface area (Å²) in [4.78, 5) is 40.6. The topological polar surface area (TPSA) is 117 Å². The molecule has 4 N–H and O–H groups in total. The molecule has 2 aliphatic rings. The zero-order chi connectivity index (χ0) is 26.6. The molecular formula is C28H37N5O4. The SMILES string of the molecule is CN1C(=O)C2(Cc3ccccc3)CNCCC2N1C(=O)C(COCc1ccccc1)NC(=O)C(C)(C)N.